The first-order chi connectivity index (χ1) is 37.2. The van der Waals surface area contributed by atoms with E-state index in [1.807, 2.05) is 41.5 Å². The van der Waals surface area contributed by atoms with Crippen molar-refractivity contribution < 1.29 is 88.6 Å². The minimum Gasteiger partial charge on any atom is -0.682 e. The van der Waals surface area contributed by atoms with Gasteiger partial charge >= 0.3 is 52.6 Å². The van der Waals surface area contributed by atoms with Gasteiger partial charge in [0.15, 0.2) is 0 Å². The molecule has 1 fully saturated rings. The van der Waals surface area contributed by atoms with Gasteiger partial charge in [0.1, 0.15) is 5.60 Å². The maximum absolute atomic E-state index is 14.4. The molecule has 0 radical (unpaired) electrons. The number of aliphatic imine (C=N–C) groups is 3. The number of carbonyl (C=O) groups excluding carboxylic acids is 7. The molecule has 8 bridgehead atoms. The molecule has 0 aromatic heterocycles. The number of nitrogens with one attached hydrogen (secondary N) is 1. The standard InChI is InChI=1S/C55H81N5O15.2CN.Co/c1-31-45-33(17-19-39(62)70-10)50(3,4)36(57-45)28-37-55(68,24-22-42(65)73-13)53(7,29-38(61)56-25-16-26-69-9)48(58-37)32(2)46-34(18-20-40(63)71-11)52(6,30-44(67)75-15)54(8,60-46)49-35(27-43(66)74-14)51(5,47(31)59-49)23-21-41(64)72-12;2*1-2;/h28,33-35,49,68H,16-27,29-30H2,1-15H3,(H2,56,57,58,59,60,61);;;/q;2*-1;+3/p-1/t33-,34-,35+,49?,51-,52+,53-,54+,55+;;;/m1.../s1. The van der Waals surface area contributed by atoms with Crippen molar-refractivity contribution in [1.82, 2.24) is 5.32 Å². The van der Waals surface area contributed by atoms with Crippen molar-refractivity contribution in [2.75, 3.05) is 62.9 Å². The summed E-state index contributed by atoms with van der Waals surface area (Å²) >= 11 is 0. The normalized spacial score (nSPS) is 31.0. The van der Waals surface area contributed by atoms with Gasteiger partial charge in [0.05, 0.1) is 71.4 Å². The Morgan fingerprint density at radius 2 is 1.19 bits per heavy atom. The fraction of sp³-hybridized carbons (Fsp3) is 0.684. The van der Waals surface area contributed by atoms with Crippen LogP contribution >= 0.6 is 0 Å². The van der Waals surface area contributed by atoms with Gasteiger partial charge in [0.25, 0.3) is 0 Å². The number of carbonyl (C=O) groups is 7. The third-order valence-corrected chi connectivity index (χ3v) is 17.6. The average molecular weight is 1160 g/mol. The van der Waals surface area contributed by atoms with E-state index in [0.29, 0.717) is 47.0 Å². The molecule has 5 aliphatic heterocycles. The molecule has 9 atom stereocenters. The molecular formula is C57H80CoN7O15. The summed E-state index contributed by atoms with van der Waals surface area (Å²) in [5.41, 5.74) is -5.14. The Labute approximate surface area is 481 Å². The second-order valence-electron chi connectivity index (χ2n) is 21.9. The molecule has 1 unspecified atom stereocenters. The van der Waals surface area contributed by atoms with Crippen molar-refractivity contribution in [2.45, 2.75) is 150 Å². The van der Waals surface area contributed by atoms with Crippen molar-refractivity contribution >= 4 is 58.9 Å². The third-order valence-electron chi connectivity index (χ3n) is 17.6. The van der Waals surface area contributed by atoms with Gasteiger partial charge in [-0.15, -0.1) is 0 Å². The second-order valence-corrected chi connectivity index (χ2v) is 21.9. The van der Waals surface area contributed by atoms with Gasteiger partial charge in [-0.25, -0.2) is 0 Å². The summed E-state index contributed by atoms with van der Waals surface area (Å²) in [6, 6.07) is -0.956. The molecular weight excluding hydrogens is 1080 g/mol. The molecule has 5 heterocycles. The van der Waals surface area contributed by atoms with Crippen molar-refractivity contribution in [3.63, 3.8) is 0 Å². The summed E-state index contributed by atoms with van der Waals surface area (Å²) in [6.07, 6.45) is 1.20. The monoisotopic (exact) mass is 1160 g/mol. The Morgan fingerprint density at radius 1 is 0.675 bits per heavy atom. The number of hydrogen-bond acceptors (Lipinski definition) is 20. The number of rotatable bonds is 22. The number of amides is 1. The first kappa shape index (κ1) is 69.8. The van der Waals surface area contributed by atoms with Crippen molar-refractivity contribution in [2.24, 2.45) is 54.4 Å². The Hall–Kier alpha value is -6.27. The zero-order valence-corrected chi connectivity index (χ0v) is 50.0. The second kappa shape index (κ2) is 28.9. The third kappa shape index (κ3) is 13.5. The molecule has 1 saturated heterocycles. The van der Waals surface area contributed by atoms with Crippen LogP contribution in [0.3, 0.4) is 0 Å². The summed E-state index contributed by atoms with van der Waals surface area (Å²) in [4.78, 5) is 111. The molecule has 0 saturated carbocycles. The van der Waals surface area contributed by atoms with Gasteiger partial charge < -0.3 is 72.6 Å². The summed E-state index contributed by atoms with van der Waals surface area (Å²) in [5.74, 6) is -5.71. The van der Waals surface area contributed by atoms with E-state index in [4.69, 9.17) is 77.1 Å². The van der Waals surface area contributed by atoms with Crippen LogP contribution in [-0.4, -0.2) is 144 Å². The Morgan fingerprint density at radius 3 is 1.71 bits per heavy atom. The van der Waals surface area contributed by atoms with Crippen LogP contribution in [0.25, 0.3) is 5.32 Å². The van der Waals surface area contributed by atoms with Crippen LogP contribution in [0.4, 0.5) is 0 Å². The number of methoxy groups -OCH3 is 7. The Bertz CT molecular complexity index is 2580. The smallest absolute Gasteiger partial charge is 0.682 e. The van der Waals surface area contributed by atoms with Crippen LogP contribution in [0.1, 0.15) is 132 Å². The summed E-state index contributed by atoms with van der Waals surface area (Å²) in [5, 5.41) is 34.9. The van der Waals surface area contributed by atoms with E-state index in [1.165, 1.54) is 42.7 Å². The Kier molecular flexibility index (Phi) is 25.3. The van der Waals surface area contributed by atoms with Gasteiger partial charge in [0, 0.05) is 98.6 Å². The molecule has 0 aromatic rings. The first-order valence-corrected chi connectivity index (χ1v) is 26.2. The fourth-order valence-corrected chi connectivity index (χ4v) is 12.6. The molecule has 0 aromatic carbocycles. The maximum Gasteiger partial charge on any atom is 3.00 e. The van der Waals surface area contributed by atoms with E-state index >= 15 is 0 Å². The number of aliphatic hydroxyl groups is 1. The predicted molar refractivity (Wildman–Crippen MR) is 287 cm³/mol. The van der Waals surface area contributed by atoms with E-state index in [2.05, 4.69) is 5.32 Å². The topological polar surface area (TPSA) is 315 Å². The van der Waals surface area contributed by atoms with Gasteiger partial charge in [-0.1, -0.05) is 40.7 Å². The molecule has 23 heteroatoms. The predicted octanol–water partition coefficient (Wildman–Crippen LogP) is 6.61. The fourth-order valence-electron chi connectivity index (χ4n) is 12.6. The van der Waals surface area contributed by atoms with E-state index in [1.54, 1.807) is 27.0 Å². The molecule has 5 aliphatic rings. The molecule has 1 amide bonds. The van der Waals surface area contributed by atoms with Crippen LogP contribution in [0.15, 0.2) is 49.3 Å². The zero-order valence-electron chi connectivity index (χ0n) is 49.0. The van der Waals surface area contributed by atoms with E-state index < -0.39 is 98.3 Å². The van der Waals surface area contributed by atoms with Crippen molar-refractivity contribution in [3.8, 4) is 0 Å². The van der Waals surface area contributed by atoms with Crippen LogP contribution in [0.5, 0.6) is 0 Å². The van der Waals surface area contributed by atoms with Gasteiger partial charge in [-0.3, -0.25) is 48.5 Å². The largest absolute Gasteiger partial charge is 3.00 e. The van der Waals surface area contributed by atoms with E-state index in [0.717, 1.165) is 0 Å². The van der Waals surface area contributed by atoms with Crippen molar-refractivity contribution in [3.05, 3.63) is 52.8 Å². The SMILES string of the molecule is COCCCNC(=O)C[C@]1(C)/C2=C(\C)C3=N[C@@](C)(C4[N-]/C(=C(/C)C5=N/C(=C\C(=N2)[C@@]1(O)CCC(=O)OC)C(C)(C)[C@@H]5CCC(=O)OC)[C@](C)(CCC(=O)OC)[C@H]4CC(=O)OC)[C@@](C)(CC(=O)OC)[C@@H]3CCC(=O)OC.[C-]#N.[C-]#N.[Co+3]. The average Bonchev–Trinajstić information content (AvgIpc) is 4.03. The molecule has 2 N–H and O–H groups in total. The number of nitrogens with zero attached hydrogens (tertiary/aromatic N) is 6. The van der Waals surface area contributed by atoms with E-state index in [9.17, 15) is 38.7 Å². The van der Waals surface area contributed by atoms with Gasteiger partial charge in [0.2, 0.25) is 5.91 Å². The van der Waals surface area contributed by atoms with Crippen molar-refractivity contribution in [1.29, 1.82) is 10.5 Å². The molecule has 442 valence electrons. The summed E-state index contributed by atoms with van der Waals surface area (Å²) in [7, 11) is 9.27. The zero-order chi connectivity index (χ0) is 60.1. The van der Waals surface area contributed by atoms with Crippen LogP contribution < -0.4 is 5.32 Å². The maximum atomic E-state index is 14.4. The number of allylic oxidation sites excluding steroid dienone is 4. The molecule has 0 spiro atoms. The number of fused-ring (bicyclic) bond motifs is 6. The minimum absolute atomic E-state index is 0. The quantitative estimate of drug-likeness (QED) is 0.0498. The van der Waals surface area contributed by atoms with Crippen LogP contribution in [0.2, 0.25) is 0 Å². The summed E-state index contributed by atoms with van der Waals surface area (Å²) < 4.78 is 36.7. The number of hydrogen-bond donors (Lipinski definition) is 2. The van der Waals surface area contributed by atoms with Gasteiger partial charge in [-0.05, 0) is 81.4 Å². The first-order valence-electron chi connectivity index (χ1n) is 26.2. The van der Waals surface area contributed by atoms with Crippen LogP contribution in [-0.2, 0) is 83.5 Å². The minimum atomic E-state index is -2.07. The molecule has 0 aliphatic carbocycles. The number of ether oxygens (including phenoxy) is 7. The molecule has 80 heavy (non-hydrogen) atoms. The van der Waals surface area contributed by atoms with E-state index in [-0.39, 0.29) is 105 Å². The van der Waals surface area contributed by atoms with Crippen LogP contribution in [0, 0.1) is 63.1 Å². The summed E-state index contributed by atoms with van der Waals surface area (Å²) in [6.45, 7) is 25.2. The molecule has 5 rings (SSSR count). The van der Waals surface area contributed by atoms with Gasteiger partial charge in [-0.2, -0.15) is 5.70 Å². The molecule has 22 nitrogen and oxygen atoms in total. The number of esters is 6. The Balaban J connectivity index is 0.00000427.